The van der Waals surface area contributed by atoms with Crippen LogP contribution in [0.3, 0.4) is 0 Å². The quantitative estimate of drug-likeness (QED) is 0.238. The molecule has 0 bridgehead atoms. The van der Waals surface area contributed by atoms with Crippen LogP contribution in [0.5, 0.6) is 0 Å². The third-order valence-corrected chi connectivity index (χ3v) is 8.04. The minimum Gasteiger partial charge on any atom is -0.441 e. The van der Waals surface area contributed by atoms with Crippen molar-refractivity contribution >= 4 is 65.5 Å². The molecule has 182 valence electrons. The topological polar surface area (TPSA) is 35.9 Å². The standard InChI is InChI=1S/C35H21N3O/c1-2-10-23(11-3-1)37-30-18-17-22-9-4-5-12-24(22)34(30)27-20-32-26(19-33(27)37)25-13-6-7-15-29(25)38(32)31-16-8-14-28-35(31)39-21-36-28/h1-21H. The summed E-state index contributed by atoms with van der Waals surface area (Å²) in [6.45, 7) is 0. The molecule has 0 fully saturated rings. The predicted octanol–water partition coefficient (Wildman–Crippen LogP) is 9.18. The maximum Gasteiger partial charge on any atom is 0.182 e. The van der Waals surface area contributed by atoms with Gasteiger partial charge in [0.25, 0.3) is 0 Å². The van der Waals surface area contributed by atoms with Crippen molar-refractivity contribution in [2.75, 3.05) is 0 Å². The van der Waals surface area contributed by atoms with E-state index < -0.39 is 0 Å². The molecule has 9 rings (SSSR count). The normalized spacial score (nSPS) is 12.1. The molecule has 0 spiro atoms. The molecule has 39 heavy (non-hydrogen) atoms. The van der Waals surface area contributed by atoms with E-state index in [1.54, 1.807) is 0 Å². The molecule has 0 saturated heterocycles. The van der Waals surface area contributed by atoms with E-state index >= 15 is 0 Å². The van der Waals surface area contributed by atoms with Gasteiger partial charge in [-0.2, -0.15) is 0 Å². The molecule has 0 atom stereocenters. The Hall–Kier alpha value is -5.35. The molecule has 0 saturated carbocycles. The second-order valence-corrected chi connectivity index (χ2v) is 10.1. The van der Waals surface area contributed by atoms with Crippen molar-refractivity contribution in [1.82, 2.24) is 14.1 Å². The number of fused-ring (bicyclic) bond motifs is 9. The number of oxazole rings is 1. The van der Waals surface area contributed by atoms with E-state index in [1.165, 1.54) is 49.7 Å². The van der Waals surface area contributed by atoms with Crippen LogP contribution in [0.2, 0.25) is 0 Å². The first-order chi connectivity index (χ1) is 19.4. The largest absolute Gasteiger partial charge is 0.441 e. The van der Waals surface area contributed by atoms with Gasteiger partial charge in [0.05, 0.1) is 27.8 Å². The third-order valence-electron chi connectivity index (χ3n) is 8.04. The third kappa shape index (κ3) is 2.75. The SMILES string of the molecule is c1ccc(-n2c3cc4c5ccccc5n(-c5cccc6ncoc56)c4cc3c3c4ccccc4ccc32)cc1. The fourth-order valence-corrected chi connectivity index (χ4v) is 6.41. The van der Waals surface area contributed by atoms with Gasteiger partial charge < -0.3 is 13.6 Å². The Morgan fingerprint density at radius 1 is 0.513 bits per heavy atom. The number of nitrogens with zero attached hydrogens (tertiary/aromatic N) is 3. The van der Waals surface area contributed by atoms with Gasteiger partial charge in [0.1, 0.15) is 5.52 Å². The number of benzene rings is 6. The van der Waals surface area contributed by atoms with E-state index in [4.69, 9.17) is 4.42 Å². The van der Waals surface area contributed by atoms with Gasteiger partial charge in [-0.1, -0.05) is 72.8 Å². The average molecular weight is 500 g/mol. The maximum absolute atomic E-state index is 5.91. The van der Waals surface area contributed by atoms with Gasteiger partial charge >= 0.3 is 0 Å². The molecule has 0 aliphatic rings. The fourth-order valence-electron chi connectivity index (χ4n) is 6.41. The van der Waals surface area contributed by atoms with Crippen molar-refractivity contribution in [1.29, 1.82) is 0 Å². The van der Waals surface area contributed by atoms with Crippen LogP contribution in [0.15, 0.2) is 132 Å². The van der Waals surface area contributed by atoms with Crippen LogP contribution in [0, 0.1) is 0 Å². The summed E-state index contributed by atoms with van der Waals surface area (Å²) in [7, 11) is 0. The van der Waals surface area contributed by atoms with Crippen LogP contribution < -0.4 is 0 Å². The van der Waals surface area contributed by atoms with E-state index in [-0.39, 0.29) is 0 Å². The molecule has 6 aromatic carbocycles. The lowest BCUT2D eigenvalue weighted by molar-refractivity contribution is 0.600. The zero-order valence-corrected chi connectivity index (χ0v) is 20.9. The molecular formula is C35H21N3O. The summed E-state index contributed by atoms with van der Waals surface area (Å²) >= 11 is 0. The van der Waals surface area contributed by atoms with Crippen LogP contribution in [0.4, 0.5) is 0 Å². The number of rotatable bonds is 2. The molecule has 4 heteroatoms. The Morgan fingerprint density at radius 3 is 2.21 bits per heavy atom. The lowest BCUT2D eigenvalue weighted by atomic mass is 10.0. The summed E-state index contributed by atoms with van der Waals surface area (Å²) in [5.74, 6) is 0. The Morgan fingerprint density at radius 2 is 1.28 bits per heavy atom. The van der Waals surface area contributed by atoms with Crippen molar-refractivity contribution in [2.45, 2.75) is 0 Å². The minimum absolute atomic E-state index is 0.789. The lowest BCUT2D eigenvalue weighted by Crippen LogP contribution is -1.95. The van der Waals surface area contributed by atoms with Crippen LogP contribution in [-0.4, -0.2) is 14.1 Å². The number of para-hydroxylation sites is 3. The summed E-state index contributed by atoms with van der Waals surface area (Å²) in [5.41, 5.74) is 8.48. The second-order valence-electron chi connectivity index (χ2n) is 10.1. The highest BCUT2D eigenvalue weighted by Gasteiger charge is 2.20. The van der Waals surface area contributed by atoms with Crippen LogP contribution in [0.1, 0.15) is 0 Å². The molecule has 0 N–H and O–H groups in total. The molecule has 0 unspecified atom stereocenters. The summed E-state index contributed by atoms with van der Waals surface area (Å²) in [6, 6.07) is 43.3. The predicted molar refractivity (Wildman–Crippen MR) is 160 cm³/mol. The van der Waals surface area contributed by atoms with Crippen LogP contribution in [-0.2, 0) is 0 Å². The second kappa shape index (κ2) is 7.59. The highest BCUT2D eigenvalue weighted by Crippen LogP contribution is 2.42. The highest BCUT2D eigenvalue weighted by molar-refractivity contribution is 6.25. The lowest BCUT2D eigenvalue weighted by Gasteiger charge is -2.09. The Bertz CT molecular complexity index is 2390. The number of hydrogen-bond acceptors (Lipinski definition) is 2. The van der Waals surface area contributed by atoms with Crippen LogP contribution in [0.25, 0.3) is 76.9 Å². The van der Waals surface area contributed by atoms with E-state index in [0.717, 1.165) is 33.5 Å². The fraction of sp³-hybridized carbons (Fsp3) is 0. The van der Waals surface area contributed by atoms with Crippen molar-refractivity contribution in [2.24, 2.45) is 0 Å². The molecule has 0 radical (unpaired) electrons. The maximum atomic E-state index is 5.91. The van der Waals surface area contributed by atoms with Crippen molar-refractivity contribution in [3.05, 3.63) is 128 Å². The van der Waals surface area contributed by atoms with E-state index in [1.807, 2.05) is 12.1 Å². The molecule has 4 nitrogen and oxygen atoms in total. The van der Waals surface area contributed by atoms with Gasteiger partial charge in [-0.15, -0.1) is 0 Å². The van der Waals surface area contributed by atoms with Gasteiger partial charge in [-0.25, -0.2) is 4.98 Å². The molecule has 0 aliphatic heterocycles. The molecule has 9 aromatic rings. The van der Waals surface area contributed by atoms with Gasteiger partial charge in [0, 0.05) is 27.2 Å². The summed E-state index contributed by atoms with van der Waals surface area (Å²) in [4.78, 5) is 4.43. The highest BCUT2D eigenvalue weighted by atomic mass is 16.3. The van der Waals surface area contributed by atoms with Gasteiger partial charge in [-0.05, 0) is 59.3 Å². The first-order valence-electron chi connectivity index (χ1n) is 13.1. The summed E-state index contributed by atoms with van der Waals surface area (Å²) in [6.07, 6.45) is 1.53. The van der Waals surface area contributed by atoms with E-state index in [9.17, 15) is 0 Å². The molecule has 0 amide bonds. The van der Waals surface area contributed by atoms with Gasteiger partial charge in [-0.3, -0.25) is 0 Å². The summed E-state index contributed by atoms with van der Waals surface area (Å²) in [5, 5.41) is 7.41. The first-order valence-corrected chi connectivity index (χ1v) is 13.1. The van der Waals surface area contributed by atoms with Crippen molar-refractivity contribution in [3.8, 4) is 11.4 Å². The molecule has 3 heterocycles. The van der Waals surface area contributed by atoms with Gasteiger partial charge in [0.2, 0.25) is 0 Å². The Labute approximate surface area is 222 Å². The zero-order chi connectivity index (χ0) is 25.5. The number of aromatic nitrogens is 3. The van der Waals surface area contributed by atoms with Gasteiger partial charge in [0.15, 0.2) is 12.0 Å². The zero-order valence-electron chi connectivity index (χ0n) is 20.9. The van der Waals surface area contributed by atoms with E-state index in [2.05, 4.69) is 123 Å². The van der Waals surface area contributed by atoms with Crippen LogP contribution >= 0.6 is 0 Å². The average Bonchev–Trinajstić information content (AvgIpc) is 3.69. The van der Waals surface area contributed by atoms with Crippen molar-refractivity contribution in [3.63, 3.8) is 0 Å². The molecule has 3 aromatic heterocycles. The summed E-state index contributed by atoms with van der Waals surface area (Å²) < 4.78 is 10.6. The van der Waals surface area contributed by atoms with Crippen molar-refractivity contribution < 1.29 is 4.42 Å². The first kappa shape index (κ1) is 20.7. The monoisotopic (exact) mass is 499 g/mol. The Balaban J connectivity index is 1.53. The number of hydrogen-bond donors (Lipinski definition) is 0. The smallest absolute Gasteiger partial charge is 0.182 e. The minimum atomic E-state index is 0.789. The molecular weight excluding hydrogens is 478 g/mol. The molecule has 0 aliphatic carbocycles. The Kier molecular flexibility index (Phi) is 4.02. The van der Waals surface area contributed by atoms with E-state index in [0.29, 0.717) is 0 Å².